The summed E-state index contributed by atoms with van der Waals surface area (Å²) in [6.45, 7) is 4.62. The minimum absolute atomic E-state index is 0.236. The quantitative estimate of drug-likeness (QED) is 0.897. The SMILES string of the molecule is Cc1nc(Cl)c(C(C(=O)O)N2CCN(c3ccccc3)CC2)[nH]1. The third kappa shape index (κ3) is 3.33. The van der Waals surface area contributed by atoms with Gasteiger partial charge in [-0.05, 0) is 19.1 Å². The van der Waals surface area contributed by atoms with Crippen LogP contribution >= 0.6 is 11.6 Å². The average Bonchev–Trinajstić information content (AvgIpc) is 2.87. The number of aromatic amines is 1. The van der Waals surface area contributed by atoms with Gasteiger partial charge in [-0.3, -0.25) is 9.69 Å². The van der Waals surface area contributed by atoms with Crippen LogP contribution in [0.4, 0.5) is 5.69 Å². The third-order valence-electron chi connectivity index (χ3n) is 4.11. The number of carboxylic acid groups (broad SMARTS) is 1. The number of H-pyrrole nitrogens is 1. The van der Waals surface area contributed by atoms with E-state index in [2.05, 4.69) is 27.0 Å². The summed E-state index contributed by atoms with van der Waals surface area (Å²) >= 11 is 6.08. The first-order valence-corrected chi connectivity index (χ1v) is 7.93. The molecular weight excluding hydrogens is 316 g/mol. The number of benzene rings is 1. The van der Waals surface area contributed by atoms with E-state index in [1.54, 1.807) is 6.92 Å². The number of imidazole rings is 1. The highest BCUT2D eigenvalue weighted by atomic mass is 35.5. The summed E-state index contributed by atoms with van der Waals surface area (Å²) < 4.78 is 0. The topological polar surface area (TPSA) is 72.5 Å². The monoisotopic (exact) mass is 334 g/mol. The van der Waals surface area contributed by atoms with Crippen LogP contribution < -0.4 is 4.90 Å². The molecule has 0 amide bonds. The van der Waals surface area contributed by atoms with Crippen LogP contribution in [0, 0.1) is 6.92 Å². The van der Waals surface area contributed by atoms with Crippen LogP contribution in [-0.4, -0.2) is 52.1 Å². The second-order valence-corrected chi connectivity index (χ2v) is 5.98. The van der Waals surface area contributed by atoms with E-state index in [1.165, 1.54) is 0 Å². The Morgan fingerprint density at radius 3 is 2.43 bits per heavy atom. The predicted octanol–water partition coefficient (Wildman–Crippen LogP) is 2.32. The highest BCUT2D eigenvalue weighted by molar-refractivity contribution is 6.30. The zero-order valence-electron chi connectivity index (χ0n) is 12.9. The summed E-state index contributed by atoms with van der Waals surface area (Å²) in [5.41, 5.74) is 1.62. The Kier molecular flexibility index (Phi) is 4.54. The molecule has 7 heteroatoms. The lowest BCUT2D eigenvalue weighted by Crippen LogP contribution is -2.49. The van der Waals surface area contributed by atoms with Gasteiger partial charge in [0.2, 0.25) is 0 Å². The summed E-state index contributed by atoms with van der Waals surface area (Å²) in [6, 6.07) is 9.35. The van der Waals surface area contributed by atoms with Gasteiger partial charge in [0.15, 0.2) is 11.2 Å². The molecule has 2 N–H and O–H groups in total. The Balaban J connectivity index is 1.74. The molecule has 0 aliphatic carbocycles. The molecule has 1 saturated heterocycles. The maximum absolute atomic E-state index is 11.8. The van der Waals surface area contributed by atoms with E-state index in [-0.39, 0.29) is 5.15 Å². The normalized spacial score (nSPS) is 17.2. The summed E-state index contributed by atoms with van der Waals surface area (Å²) in [4.78, 5) is 23.0. The number of hydrogen-bond acceptors (Lipinski definition) is 4. The van der Waals surface area contributed by atoms with Crippen molar-refractivity contribution in [2.24, 2.45) is 0 Å². The molecule has 6 nitrogen and oxygen atoms in total. The number of aryl methyl sites for hydroxylation is 1. The first kappa shape index (κ1) is 15.8. The lowest BCUT2D eigenvalue weighted by atomic mass is 10.1. The Morgan fingerprint density at radius 1 is 1.26 bits per heavy atom. The molecule has 0 radical (unpaired) electrons. The first-order valence-electron chi connectivity index (χ1n) is 7.55. The van der Waals surface area contributed by atoms with Crippen LogP contribution in [-0.2, 0) is 4.79 Å². The fourth-order valence-electron chi connectivity index (χ4n) is 3.00. The number of nitrogens with zero attached hydrogens (tertiary/aromatic N) is 3. The Hall–Kier alpha value is -2.05. The molecule has 122 valence electrons. The van der Waals surface area contributed by atoms with Gasteiger partial charge in [-0.2, -0.15) is 0 Å². The molecule has 0 bridgehead atoms. The zero-order chi connectivity index (χ0) is 16.4. The number of piperazine rings is 1. The van der Waals surface area contributed by atoms with E-state index in [0.29, 0.717) is 24.6 Å². The second-order valence-electron chi connectivity index (χ2n) is 5.63. The van der Waals surface area contributed by atoms with Crippen molar-refractivity contribution in [3.63, 3.8) is 0 Å². The smallest absolute Gasteiger partial charge is 0.327 e. The Bertz CT molecular complexity index is 681. The van der Waals surface area contributed by atoms with Gasteiger partial charge in [-0.25, -0.2) is 4.98 Å². The molecule has 0 spiro atoms. The standard InChI is InChI=1S/C16H19ClN4O2/c1-11-18-13(15(17)19-11)14(16(22)23)21-9-7-20(8-10-21)12-5-3-2-4-6-12/h2-6,14H,7-10H2,1H3,(H,18,19)(H,22,23). The van der Waals surface area contributed by atoms with Crippen LogP contribution in [0.25, 0.3) is 0 Å². The average molecular weight is 335 g/mol. The lowest BCUT2D eigenvalue weighted by Gasteiger charge is -2.38. The number of halogens is 1. The molecule has 3 rings (SSSR count). The van der Waals surface area contributed by atoms with Gasteiger partial charge >= 0.3 is 5.97 Å². The van der Waals surface area contributed by atoms with Gasteiger partial charge in [0.1, 0.15) is 5.82 Å². The fraction of sp³-hybridized carbons (Fsp3) is 0.375. The number of para-hydroxylation sites is 1. The Labute approximate surface area is 139 Å². The molecule has 2 heterocycles. The van der Waals surface area contributed by atoms with Crippen molar-refractivity contribution < 1.29 is 9.90 Å². The zero-order valence-corrected chi connectivity index (χ0v) is 13.6. The van der Waals surface area contributed by atoms with Crippen molar-refractivity contribution in [2.75, 3.05) is 31.1 Å². The minimum Gasteiger partial charge on any atom is -0.480 e. The van der Waals surface area contributed by atoms with Gasteiger partial charge in [0.05, 0.1) is 5.69 Å². The summed E-state index contributed by atoms with van der Waals surface area (Å²) in [5.74, 6) is -0.289. The molecule has 1 aliphatic heterocycles. The van der Waals surface area contributed by atoms with Crippen LogP contribution in [0.3, 0.4) is 0 Å². The van der Waals surface area contributed by atoms with Crippen molar-refractivity contribution >= 4 is 23.3 Å². The number of aliphatic carboxylic acids is 1. The van der Waals surface area contributed by atoms with Crippen molar-refractivity contribution in [1.29, 1.82) is 0 Å². The minimum atomic E-state index is -0.913. The summed E-state index contributed by atoms with van der Waals surface area (Å²) in [5, 5.41) is 9.87. The van der Waals surface area contributed by atoms with Crippen LogP contribution in [0.15, 0.2) is 30.3 Å². The molecule has 1 fully saturated rings. The van der Waals surface area contributed by atoms with Crippen LogP contribution in [0.1, 0.15) is 17.6 Å². The van der Waals surface area contributed by atoms with Crippen LogP contribution in [0.2, 0.25) is 5.15 Å². The molecule has 23 heavy (non-hydrogen) atoms. The second kappa shape index (κ2) is 6.60. The van der Waals surface area contributed by atoms with Gasteiger partial charge < -0.3 is 15.0 Å². The largest absolute Gasteiger partial charge is 0.480 e. The summed E-state index contributed by atoms with van der Waals surface area (Å²) in [7, 11) is 0. The fourth-order valence-corrected chi connectivity index (χ4v) is 3.28. The number of anilines is 1. The molecule has 1 unspecified atom stereocenters. The van der Waals surface area contributed by atoms with E-state index in [4.69, 9.17) is 11.6 Å². The molecular formula is C16H19ClN4O2. The van der Waals surface area contributed by atoms with Gasteiger partial charge in [-0.15, -0.1) is 0 Å². The van der Waals surface area contributed by atoms with Crippen LogP contribution in [0.5, 0.6) is 0 Å². The van der Waals surface area contributed by atoms with Gasteiger partial charge in [0, 0.05) is 31.9 Å². The molecule has 0 saturated carbocycles. The van der Waals surface area contributed by atoms with E-state index < -0.39 is 12.0 Å². The van der Waals surface area contributed by atoms with E-state index >= 15 is 0 Å². The number of carbonyl (C=O) groups is 1. The lowest BCUT2D eigenvalue weighted by molar-refractivity contribution is -0.143. The highest BCUT2D eigenvalue weighted by Gasteiger charge is 2.33. The maximum atomic E-state index is 11.8. The van der Waals surface area contributed by atoms with Crippen molar-refractivity contribution in [1.82, 2.24) is 14.9 Å². The van der Waals surface area contributed by atoms with E-state index in [9.17, 15) is 9.90 Å². The maximum Gasteiger partial charge on any atom is 0.327 e. The summed E-state index contributed by atoms with van der Waals surface area (Å²) in [6.07, 6.45) is 0. The molecule has 1 aromatic carbocycles. The number of nitrogens with one attached hydrogen (secondary N) is 1. The van der Waals surface area contributed by atoms with Gasteiger partial charge in [0.25, 0.3) is 0 Å². The molecule has 2 aromatic rings. The predicted molar refractivity (Wildman–Crippen MR) is 88.9 cm³/mol. The molecule has 1 atom stereocenters. The highest BCUT2D eigenvalue weighted by Crippen LogP contribution is 2.28. The third-order valence-corrected chi connectivity index (χ3v) is 4.40. The number of aromatic nitrogens is 2. The Morgan fingerprint density at radius 2 is 1.91 bits per heavy atom. The number of carboxylic acids is 1. The molecule has 1 aromatic heterocycles. The van der Waals surface area contributed by atoms with E-state index in [0.717, 1.165) is 18.8 Å². The number of hydrogen-bond donors (Lipinski definition) is 2. The van der Waals surface area contributed by atoms with Crippen molar-refractivity contribution in [3.8, 4) is 0 Å². The number of rotatable bonds is 4. The molecule has 1 aliphatic rings. The van der Waals surface area contributed by atoms with E-state index in [1.807, 2.05) is 23.1 Å². The first-order chi connectivity index (χ1) is 11.1. The van der Waals surface area contributed by atoms with Gasteiger partial charge in [-0.1, -0.05) is 29.8 Å². The van der Waals surface area contributed by atoms with Crippen molar-refractivity contribution in [2.45, 2.75) is 13.0 Å². The van der Waals surface area contributed by atoms with Crippen molar-refractivity contribution in [3.05, 3.63) is 47.0 Å².